The van der Waals surface area contributed by atoms with E-state index >= 15 is 0 Å². The lowest BCUT2D eigenvalue weighted by atomic mass is 10.1. The van der Waals surface area contributed by atoms with Crippen LogP contribution >= 0.6 is 0 Å². The molecule has 1 unspecified atom stereocenters. The van der Waals surface area contributed by atoms with Gasteiger partial charge in [-0.2, -0.15) is 0 Å². The number of carbonyl (C=O) groups excluding carboxylic acids is 3. The molecule has 0 saturated carbocycles. The molecule has 0 spiro atoms. The van der Waals surface area contributed by atoms with Gasteiger partial charge in [-0.05, 0) is 31.9 Å². The Kier molecular flexibility index (Phi) is 9.53. The largest absolute Gasteiger partial charge is 0.445 e. The Labute approximate surface area is 188 Å². The van der Waals surface area contributed by atoms with Crippen molar-refractivity contribution in [2.45, 2.75) is 45.4 Å². The maximum absolute atomic E-state index is 12.7. The zero-order valence-electron chi connectivity index (χ0n) is 18.7. The van der Waals surface area contributed by atoms with E-state index < -0.39 is 23.8 Å². The maximum Gasteiger partial charge on any atom is 0.408 e. The van der Waals surface area contributed by atoms with E-state index in [0.29, 0.717) is 6.42 Å². The minimum Gasteiger partial charge on any atom is -0.445 e. The molecular formula is C24H31N3O5. The summed E-state index contributed by atoms with van der Waals surface area (Å²) >= 11 is 0. The fourth-order valence-corrected chi connectivity index (χ4v) is 2.75. The summed E-state index contributed by atoms with van der Waals surface area (Å²) in [6.07, 6.45) is -0.945. The Morgan fingerprint density at radius 3 is 1.97 bits per heavy atom. The van der Waals surface area contributed by atoms with E-state index in [1.807, 2.05) is 60.7 Å². The Bertz CT molecular complexity index is 866. The van der Waals surface area contributed by atoms with Crippen LogP contribution in [0.5, 0.6) is 0 Å². The summed E-state index contributed by atoms with van der Waals surface area (Å²) in [4.78, 5) is 36.7. The van der Waals surface area contributed by atoms with E-state index in [2.05, 4.69) is 16.0 Å². The van der Waals surface area contributed by atoms with Gasteiger partial charge in [0.15, 0.2) is 0 Å². The molecule has 2 aromatic carbocycles. The Balaban J connectivity index is 1.87. The smallest absolute Gasteiger partial charge is 0.408 e. The molecule has 172 valence electrons. The molecule has 0 aliphatic heterocycles. The average Bonchev–Trinajstić information content (AvgIpc) is 2.75. The van der Waals surface area contributed by atoms with Gasteiger partial charge >= 0.3 is 12.2 Å². The number of rotatable bonds is 9. The van der Waals surface area contributed by atoms with Crippen LogP contribution in [0, 0.1) is 0 Å². The first kappa shape index (κ1) is 24.7. The van der Waals surface area contributed by atoms with Crippen molar-refractivity contribution in [3.05, 3.63) is 71.8 Å². The van der Waals surface area contributed by atoms with Gasteiger partial charge in [0.05, 0.1) is 0 Å². The molecule has 0 aromatic heterocycles. The zero-order chi connectivity index (χ0) is 23.4. The van der Waals surface area contributed by atoms with E-state index in [0.717, 1.165) is 11.1 Å². The number of benzene rings is 2. The molecule has 8 heteroatoms. The fourth-order valence-electron chi connectivity index (χ4n) is 2.75. The van der Waals surface area contributed by atoms with Crippen molar-refractivity contribution in [2.24, 2.45) is 0 Å². The SMILES string of the molecule is CC(C)(C)OC(=O)NCCNC(=O)C(Cc1ccccc1)NC(=O)OCc1ccccc1. The predicted octanol–water partition coefficient (Wildman–Crippen LogP) is 3.17. The van der Waals surface area contributed by atoms with Crippen LogP contribution < -0.4 is 16.0 Å². The molecule has 32 heavy (non-hydrogen) atoms. The van der Waals surface area contributed by atoms with Crippen LogP contribution in [0.4, 0.5) is 9.59 Å². The van der Waals surface area contributed by atoms with Crippen LogP contribution in [0.1, 0.15) is 31.9 Å². The third-order valence-corrected chi connectivity index (χ3v) is 4.20. The number of alkyl carbamates (subject to hydrolysis) is 2. The maximum atomic E-state index is 12.7. The number of ether oxygens (including phenoxy) is 2. The molecule has 1 atom stereocenters. The molecule has 0 aliphatic carbocycles. The predicted molar refractivity (Wildman–Crippen MR) is 121 cm³/mol. The van der Waals surface area contributed by atoms with Crippen LogP contribution in [0.15, 0.2) is 60.7 Å². The highest BCUT2D eigenvalue weighted by Crippen LogP contribution is 2.07. The van der Waals surface area contributed by atoms with Crippen molar-refractivity contribution >= 4 is 18.1 Å². The molecule has 3 amide bonds. The summed E-state index contributed by atoms with van der Waals surface area (Å²) in [5, 5.41) is 7.93. The zero-order valence-corrected chi connectivity index (χ0v) is 18.7. The van der Waals surface area contributed by atoms with E-state index in [4.69, 9.17) is 9.47 Å². The highest BCUT2D eigenvalue weighted by molar-refractivity contribution is 5.86. The third-order valence-electron chi connectivity index (χ3n) is 4.20. The van der Waals surface area contributed by atoms with Gasteiger partial charge in [0.2, 0.25) is 5.91 Å². The Hall–Kier alpha value is -3.55. The molecular weight excluding hydrogens is 410 g/mol. The molecule has 0 radical (unpaired) electrons. The van der Waals surface area contributed by atoms with Crippen molar-refractivity contribution in [3.8, 4) is 0 Å². The van der Waals surface area contributed by atoms with Crippen molar-refractivity contribution in [1.82, 2.24) is 16.0 Å². The van der Waals surface area contributed by atoms with Gasteiger partial charge in [-0.1, -0.05) is 60.7 Å². The van der Waals surface area contributed by atoms with E-state index in [-0.39, 0.29) is 25.6 Å². The van der Waals surface area contributed by atoms with Gasteiger partial charge < -0.3 is 25.4 Å². The molecule has 0 heterocycles. The number of amides is 3. The van der Waals surface area contributed by atoms with Gasteiger partial charge in [0, 0.05) is 19.5 Å². The van der Waals surface area contributed by atoms with Crippen molar-refractivity contribution < 1.29 is 23.9 Å². The normalized spacial score (nSPS) is 11.7. The third kappa shape index (κ3) is 9.97. The van der Waals surface area contributed by atoms with E-state index in [1.54, 1.807) is 20.8 Å². The van der Waals surface area contributed by atoms with Gasteiger partial charge in [-0.3, -0.25) is 4.79 Å². The lowest BCUT2D eigenvalue weighted by Crippen LogP contribution is -2.49. The summed E-state index contributed by atoms with van der Waals surface area (Å²) in [5.41, 5.74) is 1.14. The second-order valence-corrected chi connectivity index (χ2v) is 8.17. The van der Waals surface area contributed by atoms with Crippen LogP contribution in [-0.4, -0.2) is 42.8 Å². The number of carbonyl (C=O) groups is 3. The minimum atomic E-state index is -0.831. The van der Waals surface area contributed by atoms with Crippen LogP contribution in [0.3, 0.4) is 0 Å². The van der Waals surface area contributed by atoms with Crippen LogP contribution in [0.2, 0.25) is 0 Å². The lowest BCUT2D eigenvalue weighted by Gasteiger charge is -2.20. The first-order valence-corrected chi connectivity index (χ1v) is 10.5. The van der Waals surface area contributed by atoms with Gasteiger partial charge in [-0.15, -0.1) is 0 Å². The molecule has 0 saturated heterocycles. The minimum absolute atomic E-state index is 0.103. The first-order valence-electron chi connectivity index (χ1n) is 10.5. The summed E-state index contributed by atoms with van der Waals surface area (Å²) in [6.45, 7) is 5.79. The van der Waals surface area contributed by atoms with Crippen LogP contribution in [-0.2, 0) is 27.3 Å². The summed E-state index contributed by atoms with van der Waals surface area (Å²) in [5.74, 6) is -0.378. The standard InChI is InChI=1S/C24H31N3O5/c1-24(2,3)32-22(29)26-15-14-25-21(28)20(16-18-10-6-4-7-11-18)27-23(30)31-17-19-12-8-5-9-13-19/h4-13,20H,14-17H2,1-3H3,(H,25,28)(H,26,29)(H,27,30). The van der Waals surface area contributed by atoms with E-state index in [9.17, 15) is 14.4 Å². The van der Waals surface area contributed by atoms with Gasteiger partial charge in [0.1, 0.15) is 18.2 Å². The number of hydrogen-bond donors (Lipinski definition) is 3. The highest BCUT2D eigenvalue weighted by atomic mass is 16.6. The summed E-state index contributed by atoms with van der Waals surface area (Å²) < 4.78 is 10.4. The van der Waals surface area contributed by atoms with Crippen molar-refractivity contribution in [1.29, 1.82) is 0 Å². The Morgan fingerprint density at radius 2 is 1.38 bits per heavy atom. The second kappa shape index (κ2) is 12.3. The van der Waals surface area contributed by atoms with E-state index in [1.165, 1.54) is 0 Å². The molecule has 2 rings (SSSR count). The van der Waals surface area contributed by atoms with Gasteiger partial charge in [0.25, 0.3) is 0 Å². The summed E-state index contributed by atoms with van der Waals surface area (Å²) in [6, 6.07) is 17.8. The van der Waals surface area contributed by atoms with Crippen molar-refractivity contribution in [3.63, 3.8) is 0 Å². The molecule has 3 N–H and O–H groups in total. The molecule has 0 fully saturated rings. The first-order chi connectivity index (χ1) is 15.2. The molecule has 2 aromatic rings. The summed E-state index contributed by atoms with van der Waals surface area (Å²) in [7, 11) is 0. The molecule has 8 nitrogen and oxygen atoms in total. The lowest BCUT2D eigenvalue weighted by molar-refractivity contribution is -0.123. The van der Waals surface area contributed by atoms with Gasteiger partial charge in [-0.25, -0.2) is 9.59 Å². The molecule has 0 bridgehead atoms. The quantitative estimate of drug-likeness (QED) is 0.519. The highest BCUT2D eigenvalue weighted by Gasteiger charge is 2.22. The number of hydrogen-bond acceptors (Lipinski definition) is 5. The van der Waals surface area contributed by atoms with Crippen LogP contribution in [0.25, 0.3) is 0 Å². The fraction of sp³-hybridized carbons (Fsp3) is 0.375. The second-order valence-electron chi connectivity index (χ2n) is 8.17. The topological polar surface area (TPSA) is 106 Å². The monoisotopic (exact) mass is 441 g/mol. The van der Waals surface area contributed by atoms with Crippen molar-refractivity contribution in [2.75, 3.05) is 13.1 Å². The number of nitrogens with one attached hydrogen (secondary N) is 3. The average molecular weight is 442 g/mol. The Morgan fingerprint density at radius 1 is 0.812 bits per heavy atom. The molecule has 0 aliphatic rings.